The lowest BCUT2D eigenvalue weighted by molar-refractivity contribution is -0.0361. The molecule has 1 aliphatic rings. The molecule has 2 atom stereocenters. The van der Waals surface area contributed by atoms with E-state index in [0.29, 0.717) is 44.9 Å². The zero-order valence-electron chi connectivity index (χ0n) is 18.9. The van der Waals surface area contributed by atoms with Gasteiger partial charge < -0.3 is 25.7 Å². The van der Waals surface area contributed by atoms with Crippen molar-refractivity contribution in [3.63, 3.8) is 0 Å². The molecular weight excluding hydrogens is 447 g/mol. The number of hydrogen-bond donors (Lipinski definition) is 3. The Morgan fingerprint density at radius 2 is 1.94 bits per heavy atom. The highest BCUT2D eigenvalue weighted by Crippen LogP contribution is 2.41. The number of alkyl halides is 2. The van der Waals surface area contributed by atoms with E-state index in [1.165, 1.54) is 24.5 Å². The van der Waals surface area contributed by atoms with Gasteiger partial charge in [0.2, 0.25) is 5.88 Å². The Hall–Kier alpha value is -3.60. The summed E-state index contributed by atoms with van der Waals surface area (Å²) in [6.45, 7) is 2.81. The van der Waals surface area contributed by atoms with Gasteiger partial charge in [0.15, 0.2) is 5.75 Å². The Morgan fingerprint density at radius 3 is 2.59 bits per heavy atom. The second-order valence-corrected chi connectivity index (χ2v) is 8.66. The maximum absolute atomic E-state index is 14.4. The normalized spacial score (nSPS) is 18.7. The van der Waals surface area contributed by atoms with Crippen molar-refractivity contribution in [2.75, 3.05) is 30.4 Å². The highest BCUT2D eigenvalue weighted by atomic mass is 19.3. The van der Waals surface area contributed by atoms with Crippen LogP contribution in [0.4, 0.5) is 24.7 Å². The Balaban J connectivity index is 1.69. The second kappa shape index (κ2) is 8.01. The molecule has 8 nitrogen and oxygen atoms in total. The van der Waals surface area contributed by atoms with Crippen LogP contribution in [0.15, 0.2) is 30.6 Å². The van der Waals surface area contributed by atoms with Gasteiger partial charge in [-0.3, -0.25) is 0 Å². The van der Waals surface area contributed by atoms with Crippen molar-refractivity contribution in [2.24, 2.45) is 11.7 Å². The van der Waals surface area contributed by atoms with Gasteiger partial charge in [-0.15, -0.1) is 0 Å². The summed E-state index contributed by atoms with van der Waals surface area (Å²) < 4.78 is 48.7. The summed E-state index contributed by atoms with van der Waals surface area (Å²) in [6.07, 6.45) is 3.04. The smallest absolute Gasteiger partial charge is 0.251 e. The summed E-state index contributed by atoms with van der Waals surface area (Å²) in [6, 6.07) is 3.71. The topological polar surface area (TPSA) is 105 Å². The average molecular weight is 471 g/mol. The first-order valence-corrected chi connectivity index (χ1v) is 10.8. The first-order valence-electron chi connectivity index (χ1n) is 10.8. The van der Waals surface area contributed by atoms with Gasteiger partial charge in [-0.2, -0.15) is 4.98 Å². The van der Waals surface area contributed by atoms with E-state index < -0.39 is 23.7 Å². The van der Waals surface area contributed by atoms with E-state index >= 15 is 0 Å². The number of ether oxygens (including phenoxy) is 1. The number of aromatic nitrogens is 4. The third kappa shape index (κ3) is 3.85. The van der Waals surface area contributed by atoms with Crippen LogP contribution in [0.1, 0.15) is 12.7 Å². The molecule has 1 aromatic carbocycles. The summed E-state index contributed by atoms with van der Waals surface area (Å²) >= 11 is 0. The highest BCUT2D eigenvalue weighted by molar-refractivity contribution is 6.15. The number of anilines is 2. The van der Waals surface area contributed by atoms with E-state index in [-0.39, 0.29) is 19.0 Å². The number of nitrogens with two attached hydrogens (primary N) is 1. The van der Waals surface area contributed by atoms with E-state index in [9.17, 15) is 13.2 Å². The first kappa shape index (κ1) is 22.2. The molecule has 34 heavy (non-hydrogen) atoms. The van der Waals surface area contributed by atoms with Crippen molar-refractivity contribution in [1.29, 1.82) is 0 Å². The zero-order chi connectivity index (χ0) is 24.2. The van der Waals surface area contributed by atoms with Crippen molar-refractivity contribution < 1.29 is 17.9 Å². The SMILES string of the molecule is CNc1cc(F)cc2c1[nH]c1cc(Oc3cnc(C)nc3)nc(N3CC(N)C(C(C)(F)F)C3)c12. The maximum atomic E-state index is 14.4. The molecule has 11 heteroatoms. The quantitative estimate of drug-likeness (QED) is 0.401. The van der Waals surface area contributed by atoms with Crippen LogP contribution in [0, 0.1) is 18.7 Å². The number of rotatable bonds is 5. The van der Waals surface area contributed by atoms with Crippen molar-refractivity contribution in [3.8, 4) is 11.6 Å². The minimum absolute atomic E-state index is 0.00470. The van der Waals surface area contributed by atoms with E-state index in [0.717, 1.165) is 6.92 Å². The number of pyridine rings is 1. The number of aryl methyl sites for hydroxylation is 1. The molecule has 0 amide bonds. The van der Waals surface area contributed by atoms with E-state index in [1.54, 1.807) is 24.9 Å². The first-order chi connectivity index (χ1) is 16.1. The molecule has 3 aromatic heterocycles. The molecule has 0 saturated carbocycles. The van der Waals surface area contributed by atoms with Gasteiger partial charge in [0.1, 0.15) is 17.5 Å². The molecule has 2 unspecified atom stereocenters. The number of nitrogens with zero attached hydrogens (tertiary/aromatic N) is 4. The predicted molar refractivity (Wildman–Crippen MR) is 124 cm³/mol. The van der Waals surface area contributed by atoms with Crippen molar-refractivity contribution in [2.45, 2.75) is 25.8 Å². The number of nitrogens with one attached hydrogen (secondary N) is 2. The van der Waals surface area contributed by atoms with Gasteiger partial charge in [0, 0.05) is 37.6 Å². The van der Waals surface area contributed by atoms with Gasteiger partial charge in [-0.05, 0) is 26.0 Å². The van der Waals surface area contributed by atoms with Crippen LogP contribution in [-0.4, -0.2) is 52.0 Å². The molecular formula is C23H24F3N7O. The molecule has 0 aliphatic carbocycles. The number of H-pyrrole nitrogens is 1. The molecule has 1 saturated heterocycles. The minimum atomic E-state index is -2.95. The molecule has 1 fully saturated rings. The van der Waals surface area contributed by atoms with Gasteiger partial charge in [0.25, 0.3) is 5.92 Å². The molecule has 0 bridgehead atoms. The van der Waals surface area contributed by atoms with Gasteiger partial charge >= 0.3 is 0 Å². The maximum Gasteiger partial charge on any atom is 0.251 e. The Bertz CT molecular complexity index is 1370. The molecule has 178 valence electrons. The fourth-order valence-corrected chi connectivity index (χ4v) is 4.52. The molecule has 4 N–H and O–H groups in total. The lowest BCUT2D eigenvalue weighted by Crippen LogP contribution is -2.39. The number of halogens is 3. The second-order valence-electron chi connectivity index (χ2n) is 8.66. The fourth-order valence-electron chi connectivity index (χ4n) is 4.52. The fraction of sp³-hybridized carbons (Fsp3) is 0.348. The Labute approximate surface area is 193 Å². The van der Waals surface area contributed by atoms with Crippen LogP contribution in [0.5, 0.6) is 11.6 Å². The monoisotopic (exact) mass is 471 g/mol. The highest BCUT2D eigenvalue weighted by Gasteiger charge is 2.45. The molecule has 4 heterocycles. The summed E-state index contributed by atoms with van der Waals surface area (Å²) in [5.74, 6) is -2.86. The van der Waals surface area contributed by atoms with Gasteiger partial charge in [-0.1, -0.05) is 0 Å². The van der Waals surface area contributed by atoms with Gasteiger partial charge in [-0.25, -0.2) is 23.1 Å². The van der Waals surface area contributed by atoms with Crippen molar-refractivity contribution >= 4 is 33.3 Å². The minimum Gasteiger partial charge on any atom is -0.436 e. The molecule has 0 spiro atoms. The summed E-state index contributed by atoms with van der Waals surface area (Å²) in [5.41, 5.74) is 7.93. The van der Waals surface area contributed by atoms with E-state index in [4.69, 9.17) is 10.5 Å². The molecule has 1 aliphatic heterocycles. The molecule has 0 radical (unpaired) electrons. The lowest BCUT2D eigenvalue weighted by Gasteiger charge is -2.22. The zero-order valence-corrected chi connectivity index (χ0v) is 18.9. The van der Waals surface area contributed by atoms with Crippen molar-refractivity contribution in [3.05, 3.63) is 42.2 Å². The number of hydrogen-bond acceptors (Lipinski definition) is 7. The standard InChI is InChI=1S/C23H24F3N7O/c1-11-29-7-13(8-30-11)34-19-6-17-20(14-4-12(24)5-18(28-3)21(14)31-17)22(32-19)33-9-15(16(27)10-33)23(2,25)26/h4-8,15-16,28,31H,9-10,27H2,1-3H3. The van der Waals surface area contributed by atoms with Crippen LogP contribution in [0.3, 0.4) is 0 Å². The van der Waals surface area contributed by atoms with Crippen LogP contribution < -0.4 is 20.7 Å². The predicted octanol–water partition coefficient (Wildman–Crippen LogP) is 4.21. The van der Waals surface area contributed by atoms with Crippen LogP contribution in [0.25, 0.3) is 21.8 Å². The molecule has 5 rings (SSSR count). The van der Waals surface area contributed by atoms with Crippen molar-refractivity contribution in [1.82, 2.24) is 19.9 Å². The summed E-state index contributed by atoms with van der Waals surface area (Å²) in [7, 11) is 1.69. The number of aromatic amines is 1. The largest absolute Gasteiger partial charge is 0.436 e. The van der Waals surface area contributed by atoms with E-state index in [2.05, 4.69) is 25.3 Å². The lowest BCUT2D eigenvalue weighted by atomic mass is 9.98. The van der Waals surface area contributed by atoms with Crippen LogP contribution in [0.2, 0.25) is 0 Å². The summed E-state index contributed by atoms with van der Waals surface area (Å²) in [4.78, 5) is 17.9. The number of benzene rings is 1. The van der Waals surface area contributed by atoms with Crippen LogP contribution >= 0.6 is 0 Å². The number of fused-ring (bicyclic) bond motifs is 3. The summed E-state index contributed by atoms with van der Waals surface area (Å²) in [5, 5.41) is 4.16. The average Bonchev–Trinajstić information content (AvgIpc) is 3.35. The van der Waals surface area contributed by atoms with Gasteiger partial charge in [0.05, 0.1) is 40.4 Å². The Kier molecular flexibility index (Phi) is 5.23. The third-order valence-corrected chi connectivity index (χ3v) is 6.17. The third-order valence-electron chi connectivity index (χ3n) is 6.17. The van der Waals surface area contributed by atoms with Crippen LogP contribution in [-0.2, 0) is 0 Å². The van der Waals surface area contributed by atoms with E-state index in [1.807, 2.05) is 0 Å². The molecule has 4 aromatic rings. The Morgan fingerprint density at radius 1 is 1.21 bits per heavy atom.